The minimum atomic E-state index is 0.0239. The lowest BCUT2D eigenvalue weighted by Crippen LogP contribution is -2.59. The number of carbonyl (C=O) groups is 1. The molecule has 2 aliphatic carbocycles. The van der Waals surface area contributed by atoms with Crippen LogP contribution in [0.1, 0.15) is 56.4 Å². The predicted molar refractivity (Wildman–Crippen MR) is 101 cm³/mol. The molecule has 5 atom stereocenters. The minimum absolute atomic E-state index is 0.0239. The summed E-state index contributed by atoms with van der Waals surface area (Å²) in [7, 11) is 0. The molecule has 4 heteroatoms. The van der Waals surface area contributed by atoms with Gasteiger partial charge in [-0.2, -0.15) is 0 Å². The highest BCUT2D eigenvalue weighted by molar-refractivity contribution is 5.78. The van der Waals surface area contributed by atoms with E-state index in [1.54, 1.807) is 0 Å². The summed E-state index contributed by atoms with van der Waals surface area (Å²) in [4.78, 5) is 12.5. The number of rotatable bonds is 6. The van der Waals surface area contributed by atoms with Gasteiger partial charge in [0.15, 0.2) is 0 Å². The third-order valence-electron chi connectivity index (χ3n) is 6.51. The van der Waals surface area contributed by atoms with Gasteiger partial charge in [-0.05, 0) is 49.5 Å². The fourth-order valence-corrected chi connectivity index (χ4v) is 5.24. The van der Waals surface area contributed by atoms with Crippen molar-refractivity contribution >= 4 is 5.91 Å². The first-order valence-electron chi connectivity index (χ1n) is 10.4. The smallest absolute Gasteiger partial charge is 0.246 e. The number of hydrogen-bond donors (Lipinski definition) is 1. The van der Waals surface area contributed by atoms with Crippen LogP contribution in [0.25, 0.3) is 0 Å². The van der Waals surface area contributed by atoms with Crippen molar-refractivity contribution in [1.29, 1.82) is 0 Å². The standard InChI is InChI=1S/C22H31NO3/c24-20(15-25-14-17-10-6-7-13-26-17)23-22-19-12-5-4-11-18(19)21(22)16-8-2-1-3-9-16/h1-3,8-9,17-19,21-22H,4-7,10-15H2,(H,23,24)/t17-,18-,19+,21-,22-/m0/s1. The Morgan fingerprint density at radius 3 is 2.58 bits per heavy atom. The Kier molecular flexibility index (Phi) is 5.91. The summed E-state index contributed by atoms with van der Waals surface area (Å²) >= 11 is 0. The van der Waals surface area contributed by atoms with Gasteiger partial charge < -0.3 is 14.8 Å². The van der Waals surface area contributed by atoms with Gasteiger partial charge in [0.2, 0.25) is 5.91 Å². The molecule has 3 aliphatic rings. The van der Waals surface area contributed by atoms with E-state index >= 15 is 0 Å². The van der Waals surface area contributed by atoms with Crippen LogP contribution < -0.4 is 5.32 Å². The van der Waals surface area contributed by atoms with Crippen molar-refractivity contribution in [3.8, 4) is 0 Å². The van der Waals surface area contributed by atoms with Crippen LogP contribution in [-0.2, 0) is 14.3 Å². The largest absolute Gasteiger partial charge is 0.376 e. The second-order valence-electron chi connectivity index (χ2n) is 8.15. The molecule has 26 heavy (non-hydrogen) atoms. The molecular formula is C22H31NO3. The van der Waals surface area contributed by atoms with Crippen molar-refractivity contribution in [2.75, 3.05) is 19.8 Å². The lowest BCUT2D eigenvalue weighted by molar-refractivity contribution is -0.131. The lowest BCUT2D eigenvalue weighted by Gasteiger charge is -2.55. The number of amides is 1. The van der Waals surface area contributed by atoms with Crippen molar-refractivity contribution in [3.05, 3.63) is 35.9 Å². The molecule has 0 radical (unpaired) electrons. The molecule has 4 rings (SSSR count). The molecular weight excluding hydrogens is 326 g/mol. The van der Waals surface area contributed by atoms with E-state index in [1.165, 1.54) is 37.7 Å². The van der Waals surface area contributed by atoms with E-state index in [0.717, 1.165) is 25.4 Å². The second kappa shape index (κ2) is 8.53. The third kappa shape index (κ3) is 3.96. The molecule has 0 unspecified atom stereocenters. The van der Waals surface area contributed by atoms with Crippen LogP contribution >= 0.6 is 0 Å². The molecule has 2 saturated carbocycles. The predicted octanol–water partition coefficient (Wildman–Crippen LogP) is 3.66. The second-order valence-corrected chi connectivity index (χ2v) is 8.15. The van der Waals surface area contributed by atoms with E-state index in [4.69, 9.17) is 9.47 Å². The van der Waals surface area contributed by atoms with Crippen molar-refractivity contribution in [2.24, 2.45) is 11.8 Å². The number of fused-ring (bicyclic) bond motifs is 1. The number of ether oxygens (including phenoxy) is 2. The topological polar surface area (TPSA) is 47.6 Å². The minimum Gasteiger partial charge on any atom is -0.376 e. The average molecular weight is 357 g/mol. The van der Waals surface area contributed by atoms with Crippen molar-refractivity contribution in [2.45, 2.75) is 63.0 Å². The molecule has 1 amide bonds. The fraction of sp³-hybridized carbons (Fsp3) is 0.682. The molecule has 4 nitrogen and oxygen atoms in total. The van der Waals surface area contributed by atoms with Gasteiger partial charge in [0, 0.05) is 18.6 Å². The van der Waals surface area contributed by atoms with Gasteiger partial charge in [-0.3, -0.25) is 4.79 Å². The maximum absolute atomic E-state index is 12.5. The van der Waals surface area contributed by atoms with Gasteiger partial charge in [0.25, 0.3) is 0 Å². The Morgan fingerprint density at radius 2 is 1.81 bits per heavy atom. The Balaban J connectivity index is 1.30. The van der Waals surface area contributed by atoms with Crippen molar-refractivity contribution < 1.29 is 14.3 Å². The molecule has 1 N–H and O–H groups in total. The first-order chi connectivity index (χ1) is 12.8. The monoisotopic (exact) mass is 357 g/mol. The molecule has 3 fully saturated rings. The summed E-state index contributed by atoms with van der Waals surface area (Å²) in [6.07, 6.45) is 8.72. The zero-order chi connectivity index (χ0) is 17.8. The SMILES string of the molecule is O=C(COC[C@@H]1CCCCO1)N[C@H]1[C@@H]2CCCC[C@@H]2[C@@H]1c1ccccc1. The number of carbonyl (C=O) groups excluding carboxylic acids is 1. The summed E-state index contributed by atoms with van der Waals surface area (Å²) in [5.74, 6) is 1.86. The Morgan fingerprint density at radius 1 is 1.04 bits per heavy atom. The summed E-state index contributed by atoms with van der Waals surface area (Å²) in [5.41, 5.74) is 1.37. The summed E-state index contributed by atoms with van der Waals surface area (Å²) < 4.78 is 11.3. The van der Waals surface area contributed by atoms with Gasteiger partial charge in [-0.25, -0.2) is 0 Å². The van der Waals surface area contributed by atoms with Crippen LogP contribution in [0.2, 0.25) is 0 Å². The van der Waals surface area contributed by atoms with E-state index < -0.39 is 0 Å². The van der Waals surface area contributed by atoms with Crippen LogP contribution in [0.15, 0.2) is 30.3 Å². The van der Waals surface area contributed by atoms with Crippen LogP contribution in [0, 0.1) is 11.8 Å². The van der Waals surface area contributed by atoms with Gasteiger partial charge in [0.05, 0.1) is 12.7 Å². The highest BCUT2D eigenvalue weighted by Gasteiger charge is 2.51. The van der Waals surface area contributed by atoms with Crippen molar-refractivity contribution in [3.63, 3.8) is 0 Å². The van der Waals surface area contributed by atoms with Gasteiger partial charge in [-0.15, -0.1) is 0 Å². The molecule has 1 heterocycles. The third-order valence-corrected chi connectivity index (χ3v) is 6.51. The highest BCUT2D eigenvalue weighted by Crippen LogP contribution is 2.54. The summed E-state index contributed by atoms with van der Waals surface area (Å²) in [5, 5.41) is 3.30. The normalized spacial score (nSPS) is 33.8. The summed E-state index contributed by atoms with van der Waals surface area (Å²) in [6, 6.07) is 11.0. The molecule has 0 aromatic heterocycles. The Hall–Kier alpha value is -1.39. The van der Waals surface area contributed by atoms with Crippen LogP contribution in [0.4, 0.5) is 0 Å². The zero-order valence-electron chi connectivity index (χ0n) is 15.6. The molecule has 1 aromatic carbocycles. The maximum Gasteiger partial charge on any atom is 0.246 e. The van der Waals surface area contributed by atoms with E-state index in [0.29, 0.717) is 18.4 Å². The molecule has 1 aliphatic heterocycles. The zero-order valence-corrected chi connectivity index (χ0v) is 15.6. The molecule has 0 bridgehead atoms. The van der Waals surface area contributed by atoms with E-state index in [2.05, 4.69) is 35.6 Å². The van der Waals surface area contributed by atoms with Gasteiger partial charge >= 0.3 is 0 Å². The first kappa shape index (κ1) is 18.0. The lowest BCUT2D eigenvalue weighted by atomic mass is 9.53. The molecule has 1 saturated heterocycles. The first-order valence-corrected chi connectivity index (χ1v) is 10.4. The number of benzene rings is 1. The maximum atomic E-state index is 12.5. The molecule has 142 valence electrons. The molecule has 0 spiro atoms. The Bertz CT molecular complexity index is 584. The van der Waals surface area contributed by atoms with Crippen LogP contribution in [-0.4, -0.2) is 37.9 Å². The quantitative estimate of drug-likeness (QED) is 0.845. The van der Waals surface area contributed by atoms with Gasteiger partial charge in [0.1, 0.15) is 6.61 Å². The number of hydrogen-bond acceptors (Lipinski definition) is 3. The molecule has 1 aromatic rings. The Labute approximate surface area is 156 Å². The van der Waals surface area contributed by atoms with Gasteiger partial charge in [-0.1, -0.05) is 43.2 Å². The van der Waals surface area contributed by atoms with Crippen molar-refractivity contribution in [1.82, 2.24) is 5.32 Å². The summed E-state index contributed by atoms with van der Waals surface area (Å²) in [6.45, 7) is 1.51. The van der Waals surface area contributed by atoms with E-state index in [1.807, 2.05) is 0 Å². The van der Waals surface area contributed by atoms with Crippen LogP contribution in [0.5, 0.6) is 0 Å². The fourth-order valence-electron chi connectivity index (χ4n) is 5.24. The average Bonchev–Trinajstić information content (AvgIpc) is 2.68. The van der Waals surface area contributed by atoms with E-state index in [9.17, 15) is 4.79 Å². The highest BCUT2D eigenvalue weighted by atomic mass is 16.5. The van der Waals surface area contributed by atoms with Crippen LogP contribution in [0.3, 0.4) is 0 Å². The number of nitrogens with one attached hydrogen (secondary N) is 1. The van der Waals surface area contributed by atoms with E-state index in [-0.39, 0.29) is 24.7 Å².